The third kappa shape index (κ3) is 9.08. The first-order chi connectivity index (χ1) is 31.2. The van der Waals surface area contributed by atoms with E-state index in [2.05, 4.69) is 46.8 Å². The van der Waals surface area contributed by atoms with Crippen LogP contribution in [0.3, 0.4) is 0 Å². The number of amides is 3. The van der Waals surface area contributed by atoms with E-state index in [0.717, 1.165) is 59.2 Å². The molecule has 3 unspecified atom stereocenters. The molecular formula is C50H53N5O7S2. The Bertz CT molecular complexity index is 2530. The van der Waals surface area contributed by atoms with E-state index in [9.17, 15) is 14.4 Å². The number of carbonyl (C=O) groups excluding carboxylic acids is 3. The molecule has 3 amide bonds. The van der Waals surface area contributed by atoms with E-state index in [1.165, 1.54) is 24.6 Å². The molecule has 0 radical (unpaired) electrons. The lowest BCUT2D eigenvalue weighted by atomic mass is 9.94. The van der Waals surface area contributed by atoms with Gasteiger partial charge < -0.3 is 33.8 Å². The first-order valence-electron chi connectivity index (χ1n) is 22.2. The van der Waals surface area contributed by atoms with Gasteiger partial charge >= 0.3 is 6.09 Å². The van der Waals surface area contributed by atoms with Crippen molar-refractivity contribution < 1.29 is 33.0 Å². The van der Waals surface area contributed by atoms with Crippen LogP contribution in [0.1, 0.15) is 79.5 Å². The minimum Gasteiger partial charge on any atom is -0.497 e. The highest BCUT2D eigenvalue weighted by Gasteiger charge is 2.48. The molecule has 3 aliphatic carbocycles. The highest BCUT2D eigenvalue weighted by molar-refractivity contribution is 8.26. The number of aromatic nitrogens is 2. The molecule has 2 saturated carbocycles. The van der Waals surface area contributed by atoms with Gasteiger partial charge in [-0.05, 0) is 96.4 Å². The number of alkyl carbamates (subject to hydrolysis) is 1. The molecular weight excluding hydrogens is 847 g/mol. The van der Waals surface area contributed by atoms with Gasteiger partial charge in [-0.25, -0.2) is 9.78 Å². The third-order valence-electron chi connectivity index (χ3n) is 13.1. The zero-order valence-electron chi connectivity index (χ0n) is 36.3. The first-order valence-corrected chi connectivity index (χ1v) is 23.4. The number of imidazole rings is 1. The molecule has 4 aliphatic rings. The Hall–Kier alpha value is -5.86. The normalized spacial score (nSPS) is 19.8. The summed E-state index contributed by atoms with van der Waals surface area (Å²) in [6, 6.07) is 23.1. The number of ether oxygens (including phenoxy) is 3. The van der Waals surface area contributed by atoms with Crippen molar-refractivity contribution in [1.82, 2.24) is 25.1 Å². The second kappa shape index (κ2) is 19.1. The Morgan fingerprint density at radius 1 is 1.00 bits per heavy atom. The van der Waals surface area contributed by atoms with Crippen molar-refractivity contribution in [3.05, 3.63) is 118 Å². The van der Waals surface area contributed by atoms with E-state index >= 15 is 0 Å². The fraction of sp³-hybridized carbons (Fsp3) is 0.380. The van der Waals surface area contributed by atoms with Crippen LogP contribution in [-0.2, 0) is 33.7 Å². The predicted octanol–water partition coefficient (Wildman–Crippen LogP) is 9.16. The van der Waals surface area contributed by atoms with Crippen LogP contribution in [-0.4, -0.2) is 76.1 Å². The summed E-state index contributed by atoms with van der Waals surface area (Å²) in [5, 5.41) is 5.91. The Balaban J connectivity index is 0.895. The molecule has 1 saturated heterocycles. The van der Waals surface area contributed by atoms with Crippen LogP contribution in [0.25, 0.3) is 28.5 Å². The van der Waals surface area contributed by atoms with Crippen molar-refractivity contribution in [2.45, 2.75) is 82.8 Å². The van der Waals surface area contributed by atoms with Crippen LogP contribution < -0.4 is 20.1 Å². The molecule has 3 heterocycles. The molecule has 3 aromatic carbocycles. The van der Waals surface area contributed by atoms with E-state index in [0.29, 0.717) is 69.2 Å². The third-order valence-corrected chi connectivity index (χ3v) is 14.4. The summed E-state index contributed by atoms with van der Waals surface area (Å²) in [7, 11) is 3.20. The molecule has 2 aromatic heterocycles. The highest BCUT2D eigenvalue weighted by atomic mass is 32.2. The number of hydrogen-bond donors (Lipinski definition) is 2. The van der Waals surface area contributed by atoms with Crippen molar-refractivity contribution >= 4 is 52.3 Å². The maximum atomic E-state index is 14.0. The average Bonchev–Trinajstić information content (AvgIpc) is 4.19. The molecule has 4 atom stereocenters. The van der Waals surface area contributed by atoms with Crippen molar-refractivity contribution in [2.24, 2.45) is 11.8 Å². The summed E-state index contributed by atoms with van der Waals surface area (Å²) >= 11 is 7.13. The molecule has 332 valence electrons. The van der Waals surface area contributed by atoms with Gasteiger partial charge in [0.2, 0.25) is 5.91 Å². The van der Waals surface area contributed by atoms with Crippen molar-refractivity contribution in [3.8, 4) is 33.9 Å². The van der Waals surface area contributed by atoms with Crippen LogP contribution in [0.5, 0.6) is 11.5 Å². The lowest BCUT2D eigenvalue weighted by molar-refractivity contribution is -0.124. The van der Waals surface area contributed by atoms with Gasteiger partial charge in [0.1, 0.15) is 40.0 Å². The molecule has 64 heavy (non-hydrogen) atoms. The number of nitrogens with one attached hydrogen (secondary N) is 2. The number of fused-ring (bicyclic) bond motifs is 5. The quantitative estimate of drug-likeness (QED) is 0.0528. The number of hydrogen-bond acceptors (Lipinski definition) is 10. The Kier molecular flexibility index (Phi) is 12.9. The van der Waals surface area contributed by atoms with Crippen molar-refractivity contribution in [1.29, 1.82) is 0 Å². The molecule has 2 bridgehead atoms. The van der Waals surface area contributed by atoms with Gasteiger partial charge in [0.05, 0.1) is 31.1 Å². The molecule has 3 fully saturated rings. The Labute approximate surface area is 383 Å². The maximum Gasteiger partial charge on any atom is 0.407 e. The summed E-state index contributed by atoms with van der Waals surface area (Å²) in [6.45, 7) is 3.32. The Morgan fingerprint density at radius 2 is 1.73 bits per heavy atom. The van der Waals surface area contributed by atoms with Crippen molar-refractivity contribution in [2.75, 3.05) is 27.4 Å². The zero-order chi connectivity index (χ0) is 44.3. The fourth-order valence-corrected chi connectivity index (χ4v) is 11.3. The van der Waals surface area contributed by atoms with Crippen LogP contribution >= 0.6 is 24.0 Å². The largest absolute Gasteiger partial charge is 0.497 e. The van der Waals surface area contributed by atoms with Gasteiger partial charge in [0.15, 0.2) is 0 Å². The number of aryl methyl sites for hydroxylation is 2. The topological polar surface area (TPSA) is 137 Å². The highest BCUT2D eigenvalue weighted by Crippen LogP contribution is 2.50. The van der Waals surface area contributed by atoms with Gasteiger partial charge in [0.25, 0.3) is 5.91 Å². The Morgan fingerprint density at radius 3 is 2.41 bits per heavy atom. The van der Waals surface area contributed by atoms with E-state index < -0.39 is 12.1 Å². The fourth-order valence-electron chi connectivity index (χ4n) is 9.97. The molecule has 14 heteroatoms. The second-order valence-corrected chi connectivity index (χ2v) is 18.8. The van der Waals surface area contributed by atoms with Gasteiger partial charge in [-0.2, -0.15) is 0 Å². The summed E-state index contributed by atoms with van der Waals surface area (Å²) in [5.41, 5.74) is 6.78. The van der Waals surface area contributed by atoms with Crippen molar-refractivity contribution in [3.63, 3.8) is 0 Å². The molecule has 9 rings (SSSR count). The number of thiocarbonyl (C=S) groups is 1. The lowest BCUT2D eigenvalue weighted by Gasteiger charge is -2.30. The van der Waals surface area contributed by atoms with Gasteiger partial charge in [-0.1, -0.05) is 85.9 Å². The monoisotopic (exact) mass is 899 g/mol. The van der Waals surface area contributed by atoms with E-state index in [1.807, 2.05) is 64.2 Å². The zero-order valence-corrected chi connectivity index (χ0v) is 38.0. The van der Waals surface area contributed by atoms with Crippen LogP contribution in [0, 0.1) is 11.8 Å². The smallest absolute Gasteiger partial charge is 0.407 e. The van der Waals surface area contributed by atoms with E-state index in [4.69, 9.17) is 30.8 Å². The summed E-state index contributed by atoms with van der Waals surface area (Å²) in [6.07, 6.45) is 11.5. The van der Waals surface area contributed by atoms with Crippen LogP contribution in [0.2, 0.25) is 0 Å². The molecule has 0 spiro atoms. The summed E-state index contributed by atoms with van der Waals surface area (Å²) in [5.74, 6) is 3.00. The van der Waals surface area contributed by atoms with Gasteiger partial charge in [-0.15, -0.1) is 0 Å². The summed E-state index contributed by atoms with van der Waals surface area (Å²) < 4.78 is 26.1. The van der Waals surface area contributed by atoms with Gasteiger partial charge in [-0.3, -0.25) is 14.5 Å². The second-order valence-electron chi connectivity index (χ2n) is 17.1. The van der Waals surface area contributed by atoms with E-state index in [1.54, 1.807) is 26.6 Å². The van der Waals surface area contributed by atoms with Crippen LogP contribution in [0.15, 0.2) is 94.6 Å². The number of thioether (sulfide) groups is 1. The molecule has 12 nitrogen and oxygen atoms in total. The number of methoxy groups -OCH3 is 2. The van der Waals surface area contributed by atoms with E-state index in [-0.39, 0.29) is 36.8 Å². The average molecular weight is 900 g/mol. The summed E-state index contributed by atoms with van der Waals surface area (Å²) in [4.78, 5) is 48.3. The number of furan rings is 1. The number of carbonyl (C=O) groups is 3. The number of nitrogens with zero attached hydrogens (tertiary/aromatic N) is 3. The molecule has 1 aliphatic heterocycles. The predicted molar refractivity (Wildman–Crippen MR) is 251 cm³/mol. The lowest BCUT2D eigenvalue weighted by Crippen LogP contribution is -2.48. The minimum atomic E-state index is -0.934. The van der Waals surface area contributed by atoms with Gasteiger partial charge in [0, 0.05) is 55.4 Å². The standard InChI is InChI=1S/C50H53N5O7S2/c1-4-18-54-27-34(52-29-54)24-42(53-49(58)61-28-41-39-13-7-5-11-37(39)38-12-6-8-14-40(38)41)47(56)51-17-9-10-32-23-44(33-21-35(59-2)25-36(22-33)60-3)62-45(32)26-46-48(57)55(50(63)64-46)43-20-30-15-16-31(43)19-30/h5-8,11-14,21-23,25-27,29-31,41-43H,4,9-10,15-20,24,28H2,1-3H3,(H,51,56)(H,53,58)/b46-26-/t30?,31?,42-,43?/m0/s1. The maximum absolute atomic E-state index is 14.0. The molecule has 5 aromatic rings. The van der Waals surface area contributed by atoms with Crippen LogP contribution in [0.4, 0.5) is 4.79 Å². The SMILES string of the molecule is CCCn1cnc(C[C@H](NC(=O)OCC2c3ccccc3-c3ccccc32)C(=O)NCCCc2cc(-c3cc(OC)cc(OC)c3)oc2/C=C2\SC(=S)N(C3CC4CCC3C4)C2=O)c1. The molecule has 2 N–H and O–H groups in total. The number of benzene rings is 3. The minimum absolute atomic E-state index is 0.0683. The number of rotatable bonds is 17. The first kappa shape index (κ1) is 43.4.